The van der Waals surface area contributed by atoms with E-state index in [1.54, 1.807) is 0 Å². The van der Waals surface area contributed by atoms with Crippen molar-refractivity contribution in [2.75, 3.05) is 0 Å². The number of halogens is 3. The Hall–Kier alpha value is -4.70. The van der Waals surface area contributed by atoms with Gasteiger partial charge in [0.2, 0.25) is 0 Å². The molecular formula is C45H31Br3O6. The first-order valence-electron chi connectivity index (χ1n) is 17.4. The Bertz CT molecular complexity index is 2360. The normalized spacial score (nSPS) is 17.4. The first-order chi connectivity index (χ1) is 25.9. The first kappa shape index (κ1) is 35.0. The third-order valence-corrected chi connectivity index (χ3v) is 14.0. The van der Waals surface area contributed by atoms with Crippen molar-refractivity contribution < 1.29 is 28.5 Å². The van der Waals surface area contributed by atoms with Crippen LogP contribution in [0.2, 0.25) is 0 Å². The number of esters is 2. The molecule has 4 heterocycles. The van der Waals surface area contributed by atoms with Crippen LogP contribution in [0, 0.1) is 34.6 Å². The largest absolute Gasteiger partial charge is 0.455 e. The zero-order valence-corrected chi connectivity index (χ0v) is 34.6. The van der Waals surface area contributed by atoms with Gasteiger partial charge in [-0.05, 0) is 122 Å². The number of rotatable bonds is 0. The summed E-state index contributed by atoms with van der Waals surface area (Å²) in [5.41, 5.74) is 9.57. The van der Waals surface area contributed by atoms with Crippen LogP contribution in [0.4, 0.5) is 0 Å². The van der Waals surface area contributed by atoms with Crippen LogP contribution in [0.5, 0.6) is 23.0 Å². The maximum atomic E-state index is 12.8. The van der Waals surface area contributed by atoms with Gasteiger partial charge in [-0.2, -0.15) is 0 Å². The van der Waals surface area contributed by atoms with Gasteiger partial charge < -0.3 is 18.9 Å². The summed E-state index contributed by atoms with van der Waals surface area (Å²) in [7, 11) is 0. The zero-order chi connectivity index (χ0) is 37.8. The van der Waals surface area contributed by atoms with Crippen LogP contribution in [0.15, 0.2) is 110 Å². The molecule has 6 nitrogen and oxygen atoms in total. The molecule has 0 saturated heterocycles. The molecule has 6 aromatic rings. The highest BCUT2D eigenvalue weighted by Gasteiger charge is 2.55. The van der Waals surface area contributed by atoms with Gasteiger partial charge in [0.25, 0.3) is 0 Å². The Morgan fingerprint density at radius 2 is 0.741 bits per heavy atom. The second kappa shape index (κ2) is 12.4. The smallest absolute Gasteiger partial charge is 0.340 e. The van der Waals surface area contributed by atoms with Crippen molar-refractivity contribution in [2.45, 2.75) is 45.8 Å². The molecule has 54 heavy (non-hydrogen) atoms. The SMILES string of the molecule is Cc1ccc2c(c1Br)Oc1c(ccc(C)c1Br)C21OC(=O)c2ccccc21.Cc1ccc2c(c1C)Oc1c(ccc(C)c1Br)C21OC(=O)c2ccccc21. The number of fused-ring (bicyclic) bond motifs is 12. The van der Waals surface area contributed by atoms with Crippen molar-refractivity contribution in [2.24, 2.45) is 0 Å². The van der Waals surface area contributed by atoms with Gasteiger partial charge in [0.15, 0.2) is 11.2 Å². The lowest BCUT2D eigenvalue weighted by Gasteiger charge is -2.38. The second-order valence-corrected chi connectivity index (χ2v) is 16.4. The van der Waals surface area contributed by atoms with Crippen LogP contribution in [0.1, 0.15) is 81.9 Å². The number of hydrogen-bond donors (Lipinski definition) is 0. The summed E-state index contributed by atoms with van der Waals surface area (Å²) in [6.07, 6.45) is 0. The van der Waals surface area contributed by atoms with Gasteiger partial charge in [0.05, 0.1) is 24.5 Å². The van der Waals surface area contributed by atoms with E-state index in [2.05, 4.69) is 60.8 Å². The van der Waals surface area contributed by atoms with E-state index < -0.39 is 11.2 Å². The molecule has 10 rings (SSSR count). The molecular weight excluding hydrogens is 876 g/mol. The highest BCUT2D eigenvalue weighted by atomic mass is 79.9. The molecule has 0 saturated carbocycles. The Labute approximate surface area is 337 Å². The van der Waals surface area contributed by atoms with Crippen LogP contribution < -0.4 is 9.47 Å². The van der Waals surface area contributed by atoms with Crippen molar-refractivity contribution in [1.82, 2.24) is 0 Å². The molecule has 6 aromatic carbocycles. The van der Waals surface area contributed by atoms with E-state index in [1.165, 1.54) is 0 Å². The lowest BCUT2D eigenvalue weighted by Crippen LogP contribution is -2.33. The summed E-state index contributed by atoms with van der Waals surface area (Å²) < 4.78 is 27.7. The molecule has 1 atom stereocenters. The van der Waals surface area contributed by atoms with Crippen LogP contribution in [0.3, 0.4) is 0 Å². The Kier molecular flexibility index (Phi) is 8.05. The van der Waals surface area contributed by atoms with Gasteiger partial charge in [-0.15, -0.1) is 0 Å². The Morgan fingerprint density at radius 1 is 0.407 bits per heavy atom. The van der Waals surface area contributed by atoms with Crippen LogP contribution >= 0.6 is 47.8 Å². The molecule has 0 fully saturated rings. The number of carbonyl (C=O) groups excluding carboxylic acids is 2. The van der Waals surface area contributed by atoms with E-state index in [0.717, 1.165) is 80.4 Å². The molecule has 0 aliphatic carbocycles. The molecule has 9 heteroatoms. The van der Waals surface area contributed by atoms with Crippen molar-refractivity contribution >= 4 is 59.7 Å². The standard InChI is InChI=1S/C23H17BrO3.C22H14Br2O3/c1-12-8-10-17-20(14(12)3)26-21-18(11-9-13(2)19(21)24)23(17)16-7-5-4-6-15(16)22(25)27-23;1-11-7-9-15-19(17(11)23)26-20-16(10-8-12(2)18(20)24)22(15)14-6-4-3-5-13(14)21(25)27-22/h4-11H,1-3H3;3-10H,1-2H3. The number of benzene rings is 6. The van der Waals surface area contributed by atoms with Gasteiger partial charge in [-0.25, -0.2) is 9.59 Å². The van der Waals surface area contributed by atoms with Crippen molar-refractivity contribution in [1.29, 1.82) is 0 Å². The lowest BCUT2D eigenvalue weighted by atomic mass is 9.76. The topological polar surface area (TPSA) is 71.1 Å². The Morgan fingerprint density at radius 3 is 1.15 bits per heavy atom. The average Bonchev–Trinajstić information content (AvgIpc) is 3.63. The highest BCUT2D eigenvalue weighted by molar-refractivity contribution is 9.11. The molecule has 0 radical (unpaired) electrons. The van der Waals surface area contributed by atoms with Crippen LogP contribution in [-0.2, 0) is 20.7 Å². The average molecular weight is 907 g/mol. The monoisotopic (exact) mass is 904 g/mol. The molecule has 0 bridgehead atoms. The second-order valence-electron chi connectivity index (χ2n) is 14.0. The van der Waals surface area contributed by atoms with E-state index >= 15 is 0 Å². The number of hydrogen-bond acceptors (Lipinski definition) is 6. The third kappa shape index (κ3) is 4.67. The van der Waals surface area contributed by atoms with E-state index in [4.69, 9.17) is 18.9 Å². The number of carbonyl (C=O) groups is 2. The summed E-state index contributed by atoms with van der Waals surface area (Å²) in [4.78, 5) is 25.6. The summed E-state index contributed by atoms with van der Waals surface area (Å²) in [5, 5.41) is 0. The van der Waals surface area contributed by atoms with Gasteiger partial charge in [0, 0.05) is 33.4 Å². The molecule has 1 unspecified atom stereocenters. The maximum Gasteiger partial charge on any atom is 0.340 e. The lowest BCUT2D eigenvalue weighted by molar-refractivity contribution is 0.0213. The third-order valence-electron chi connectivity index (χ3n) is 11.0. The number of aryl methyl sites for hydroxylation is 4. The molecule has 4 aliphatic rings. The van der Waals surface area contributed by atoms with E-state index in [0.29, 0.717) is 28.4 Å². The summed E-state index contributed by atoms with van der Waals surface area (Å²) in [6, 6.07) is 31.3. The van der Waals surface area contributed by atoms with E-state index in [9.17, 15) is 9.59 Å². The highest BCUT2D eigenvalue weighted by Crippen LogP contribution is 2.60. The fourth-order valence-electron chi connectivity index (χ4n) is 8.02. The minimum atomic E-state index is -1.02. The quantitative estimate of drug-likeness (QED) is 0.141. The van der Waals surface area contributed by atoms with Crippen molar-refractivity contribution in [3.63, 3.8) is 0 Å². The zero-order valence-electron chi connectivity index (χ0n) is 29.8. The first-order valence-corrected chi connectivity index (χ1v) is 19.8. The molecule has 0 amide bonds. The maximum absolute atomic E-state index is 12.8. The van der Waals surface area contributed by atoms with Crippen molar-refractivity contribution in [3.8, 4) is 23.0 Å². The minimum absolute atomic E-state index is 0.306. The molecule has 4 aliphatic heterocycles. The predicted molar refractivity (Wildman–Crippen MR) is 216 cm³/mol. The summed E-state index contributed by atoms with van der Waals surface area (Å²) >= 11 is 11.0. The van der Waals surface area contributed by atoms with Gasteiger partial charge in [-0.3, -0.25) is 0 Å². The molecule has 2 spiro atoms. The van der Waals surface area contributed by atoms with Gasteiger partial charge in [-0.1, -0.05) is 84.9 Å². The fraction of sp³-hybridized carbons (Fsp3) is 0.156. The van der Waals surface area contributed by atoms with Crippen LogP contribution in [-0.4, -0.2) is 11.9 Å². The van der Waals surface area contributed by atoms with Gasteiger partial charge >= 0.3 is 11.9 Å². The molecule has 268 valence electrons. The van der Waals surface area contributed by atoms with E-state index in [1.807, 2.05) is 119 Å². The number of ether oxygens (including phenoxy) is 4. The predicted octanol–water partition coefficient (Wildman–Crippen LogP) is 12.3. The molecule has 0 N–H and O–H groups in total. The van der Waals surface area contributed by atoms with Gasteiger partial charge in [0.1, 0.15) is 23.0 Å². The van der Waals surface area contributed by atoms with E-state index in [-0.39, 0.29) is 11.9 Å². The molecule has 0 aromatic heterocycles. The summed E-state index contributed by atoms with van der Waals surface area (Å²) in [6.45, 7) is 10.1. The Balaban J connectivity index is 0.000000142. The fourth-order valence-corrected chi connectivity index (χ4v) is 9.30. The minimum Gasteiger partial charge on any atom is -0.455 e. The summed E-state index contributed by atoms with van der Waals surface area (Å²) in [5.74, 6) is 2.20. The van der Waals surface area contributed by atoms with Crippen molar-refractivity contribution in [3.05, 3.63) is 183 Å². The van der Waals surface area contributed by atoms with Crippen LogP contribution in [0.25, 0.3) is 0 Å².